The molecule has 1 aromatic carbocycles. The summed E-state index contributed by atoms with van der Waals surface area (Å²) in [7, 11) is 0. The zero-order chi connectivity index (χ0) is 29.4. The van der Waals surface area contributed by atoms with Crippen molar-refractivity contribution in [3.63, 3.8) is 0 Å². The molecule has 10 nitrogen and oxygen atoms in total. The van der Waals surface area contributed by atoms with Crippen LogP contribution in [0.25, 0.3) is 0 Å². The smallest absolute Gasteiger partial charge is 0.338 e. The number of fused-ring (bicyclic) bond motifs is 1. The third-order valence-electron chi connectivity index (χ3n) is 8.94. The largest absolute Gasteiger partial charge is 0.481 e. The SMILES string of the molecule is CCOC(=O)C1=C(CN2CCO[C@@H]3CN(C4CCC(C(=O)O)C4)C[C@@H]32)NC(c2nccs2)=N[C@H]1c1cccc(F)c1C. The first kappa shape index (κ1) is 28.9. The number of aliphatic imine (C=N–C) groups is 1. The number of rotatable bonds is 8. The van der Waals surface area contributed by atoms with Crippen LogP contribution in [-0.2, 0) is 19.1 Å². The van der Waals surface area contributed by atoms with Gasteiger partial charge in [-0.05, 0) is 50.3 Å². The van der Waals surface area contributed by atoms with Crippen LogP contribution in [0, 0.1) is 18.7 Å². The molecule has 42 heavy (non-hydrogen) atoms. The molecule has 4 heterocycles. The molecular formula is C30H36FN5O5S. The number of amidine groups is 1. The first-order valence-electron chi connectivity index (χ1n) is 14.6. The van der Waals surface area contributed by atoms with Gasteiger partial charge in [-0.15, -0.1) is 11.3 Å². The van der Waals surface area contributed by atoms with Crippen LogP contribution in [0.5, 0.6) is 0 Å². The molecule has 2 unspecified atom stereocenters. The molecule has 3 fully saturated rings. The fraction of sp³-hybridized carbons (Fsp3) is 0.533. The van der Waals surface area contributed by atoms with Crippen LogP contribution in [-0.4, -0.2) is 95.2 Å². The number of hydrogen-bond donors (Lipinski definition) is 2. The van der Waals surface area contributed by atoms with Gasteiger partial charge in [0.15, 0.2) is 10.8 Å². The van der Waals surface area contributed by atoms with Crippen molar-refractivity contribution in [2.24, 2.45) is 10.9 Å². The van der Waals surface area contributed by atoms with Gasteiger partial charge in [0.2, 0.25) is 0 Å². The molecule has 0 bridgehead atoms. The fourth-order valence-electron chi connectivity index (χ4n) is 6.76. The van der Waals surface area contributed by atoms with E-state index in [-0.39, 0.29) is 36.5 Å². The average molecular weight is 598 g/mol. The highest BCUT2D eigenvalue weighted by Crippen LogP contribution is 2.37. The molecule has 12 heteroatoms. The lowest BCUT2D eigenvalue weighted by Crippen LogP contribution is -2.53. The van der Waals surface area contributed by atoms with E-state index in [9.17, 15) is 19.1 Å². The number of hydrogen-bond acceptors (Lipinski definition) is 10. The van der Waals surface area contributed by atoms with Crippen LogP contribution >= 0.6 is 11.3 Å². The van der Waals surface area contributed by atoms with Crippen LogP contribution in [0.4, 0.5) is 4.39 Å². The van der Waals surface area contributed by atoms with Crippen LogP contribution in [0.15, 0.2) is 46.0 Å². The summed E-state index contributed by atoms with van der Waals surface area (Å²) in [5.41, 5.74) is 2.06. The average Bonchev–Trinajstić information content (AvgIpc) is 3.75. The predicted octanol–water partition coefficient (Wildman–Crippen LogP) is 3.14. The van der Waals surface area contributed by atoms with Gasteiger partial charge in [-0.2, -0.15) is 0 Å². The number of nitrogens with zero attached hydrogens (tertiary/aromatic N) is 4. The number of carboxylic acids is 1. The van der Waals surface area contributed by atoms with Gasteiger partial charge >= 0.3 is 11.9 Å². The lowest BCUT2D eigenvalue weighted by atomic mass is 9.92. The van der Waals surface area contributed by atoms with Crippen molar-refractivity contribution in [2.45, 2.75) is 57.3 Å². The summed E-state index contributed by atoms with van der Waals surface area (Å²) in [4.78, 5) is 39.2. The summed E-state index contributed by atoms with van der Waals surface area (Å²) in [6, 6.07) is 4.39. The van der Waals surface area contributed by atoms with Gasteiger partial charge < -0.3 is 19.9 Å². The predicted molar refractivity (Wildman–Crippen MR) is 155 cm³/mol. The molecule has 1 aliphatic carbocycles. The van der Waals surface area contributed by atoms with E-state index in [1.165, 1.54) is 17.4 Å². The summed E-state index contributed by atoms with van der Waals surface area (Å²) in [6.45, 7) is 6.83. The molecule has 0 spiro atoms. The van der Waals surface area contributed by atoms with E-state index in [0.29, 0.717) is 65.8 Å². The third-order valence-corrected chi connectivity index (χ3v) is 9.72. The van der Waals surface area contributed by atoms with Crippen molar-refractivity contribution in [1.29, 1.82) is 0 Å². The summed E-state index contributed by atoms with van der Waals surface area (Å²) in [6.07, 6.45) is 3.94. The summed E-state index contributed by atoms with van der Waals surface area (Å²) < 4.78 is 26.5. The van der Waals surface area contributed by atoms with Crippen LogP contribution in [0.2, 0.25) is 0 Å². The highest BCUT2D eigenvalue weighted by molar-refractivity contribution is 7.11. The Balaban J connectivity index is 1.33. The minimum Gasteiger partial charge on any atom is -0.481 e. The number of carboxylic acid groups (broad SMARTS) is 1. The number of halogens is 1. The Hall–Kier alpha value is -3.19. The molecule has 6 rings (SSSR count). The Bertz CT molecular complexity index is 1400. The maximum atomic E-state index is 14.8. The molecule has 224 valence electrons. The molecule has 4 aliphatic rings. The van der Waals surface area contributed by atoms with Gasteiger partial charge in [0, 0.05) is 49.5 Å². The molecule has 0 radical (unpaired) electrons. The molecule has 2 saturated heterocycles. The lowest BCUT2D eigenvalue weighted by Gasteiger charge is -2.39. The summed E-state index contributed by atoms with van der Waals surface area (Å²) in [5.74, 6) is -1.31. The molecule has 2 aromatic rings. The van der Waals surface area contributed by atoms with Gasteiger partial charge in [0.25, 0.3) is 0 Å². The van der Waals surface area contributed by atoms with Crippen LogP contribution in [0.1, 0.15) is 48.4 Å². The van der Waals surface area contributed by atoms with E-state index < -0.39 is 18.0 Å². The second kappa shape index (κ2) is 12.2. The van der Waals surface area contributed by atoms with Crippen molar-refractivity contribution in [3.8, 4) is 0 Å². The van der Waals surface area contributed by atoms with Gasteiger partial charge in [-0.3, -0.25) is 19.6 Å². The van der Waals surface area contributed by atoms with E-state index in [4.69, 9.17) is 14.5 Å². The second-order valence-electron chi connectivity index (χ2n) is 11.3. The number of benzene rings is 1. The minimum absolute atomic E-state index is 0.00813. The monoisotopic (exact) mass is 597 g/mol. The molecular weight excluding hydrogens is 561 g/mol. The Kier molecular flexibility index (Phi) is 8.39. The topological polar surface area (TPSA) is 117 Å². The highest BCUT2D eigenvalue weighted by Gasteiger charge is 2.45. The van der Waals surface area contributed by atoms with Crippen molar-refractivity contribution in [2.75, 3.05) is 39.4 Å². The molecule has 0 amide bonds. The highest BCUT2D eigenvalue weighted by atomic mass is 32.1. The molecule has 5 atom stereocenters. The number of nitrogens with one attached hydrogen (secondary N) is 1. The number of thiazole rings is 1. The van der Waals surface area contributed by atoms with Gasteiger partial charge in [-0.1, -0.05) is 12.1 Å². The van der Waals surface area contributed by atoms with Crippen molar-refractivity contribution in [1.82, 2.24) is 20.1 Å². The Morgan fingerprint density at radius 2 is 2.14 bits per heavy atom. The van der Waals surface area contributed by atoms with Crippen LogP contribution < -0.4 is 5.32 Å². The summed E-state index contributed by atoms with van der Waals surface area (Å²) >= 11 is 1.43. The molecule has 2 N–H and O–H groups in total. The first-order chi connectivity index (χ1) is 20.3. The first-order valence-corrected chi connectivity index (χ1v) is 15.4. The second-order valence-corrected chi connectivity index (χ2v) is 12.2. The van der Waals surface area contributed by atoms with Gasteiger partial charge in [-0.25, -0.2) is 14.2 Å². The van der Waals surface area contributed by atoms with Crippen molar-refractivity contribution >= 4 is 29.1 Å². The number of morpholine rings is 1. The Morgan fingerprint density at radius 1 is 1.29 bits per heavy atom. The quantitative estimate of drug-likeness (QED) is 0.443. The maximum Gasteiger partial charge on any atom is 0.338 e. The Labute approximate surface area is 248 Å². The molecule has 3 aliphatic heterocycles. The van der Waals surface area contributed by atoms with Crippen LogP contribution in [0.3, 0.4) is 0 Å². The number of carbonyl (C=O) groups excluding carboxylic acids is 1. The zero-order valence-electron chi connectivity index (χ0n) is 23.8. The van der Waals surface area contributed by atoms with E-state index in [1.807, 2.05) is 5.38 Å². The fourth-order valence-corrected chi connectivity index (χ4v) is 7.35. The van der Waals surface area contributed by atoms with E-state index in [1.54, 1.807) is 32.2 Å². The van der Waals surface area contributed by atoms with E-state index in [0.717, 1.165) is 19.5 Å². The van der Waals surface area contributed by atoms with Gasteiger partial charge in [0.05, 0.1) is 36.9 Å². The Morgan fingerprint density at radius 3 is 2.88 bits per heavy atom. The lowest BCUT2D eigenvalue weighted by molar-refractivity contribution is -0.141. The molecule has 1 aromatic heterocycles. The number of carbonyl (C=O) groups is 2. The number of likely N-dealkylation sites (tertiary alicyclic amines) is 1. The number of ether oxygens (including phenoxy) is 2. The number of aliphatic carboxylic acids is 1. The summed E-state index contributed by atoms with van der Waals surface area (Å²) in [5, 5.41) is 15.5. The van der Waals surface area contributed by atoms with Crippen molar-refractivity contribution < 1.29 is 28.6 Å². The third kappa shape index (κ3) is 5.60. The van der Waals surface area contributed by atoms with E-state index in [2.05, 4.69) is 20.1 Å². The normalized spacial score (nSPS) is 28.4. The number of esters is 1. The molecule has 1 saturated carbocycles. The maximum absolute atomic E-state index is 14.8. The van der Waals surface area contributed by atoms with Crippen molar-refractivity contribution in [3.05, 3.63) is 63.0 Å². The zero-order valence-corrected chi connectivity index (χ0v) is 24.6. The minimum atomic E-state index is -0.766. The van der Waals surface area contributed by atoms with E-state index >= 15 is 0 Å². The standard InChI is InChI=1S/C30H36FN5O5S/c1-3-40-30(39)25-22(33-27(28-32-9-12-42-28)34-26(25)20-5-4-6-21(31)17(20)2)14-35-10-11-41-24-16-36(15-23(24)35)19-8-7-18(13-19)29(37)38/h4-6,9,12,18-19,23-24,26H,3,7-8,10-11,13-16H2,1-2H3,(H,33,34)(H,37,38)/t18?,19?,23-,24+,26-/m0/s1. The van der Waals surface area contributed by atoms with Gasteiger partial charge in [0.1, 0.15) is 11.9 Å². The number of aromatic nitrogens is 1.